The standard InChI is InChI=1S/C12H12INO3/c13-9-3-1-8(2-4-9)7-17-12(16)14-10-5-6-11(10)15/h1-4,10H,5-7H2,(H,14,16)/t10-/m0/s1. The van der Waals surface area contributed by atoms with E-state index >= 15 is 0 Å². The maximum atomic E-state index is 11.3. The van der Waals surface area contributed by atoms with E-state index < -0.39 is 6.09 Å². The van der Waals surface area contributed by atoms with Crippen molar-refractivity contribution in [1.29, 1.82) is 0 Å². The molecule has 17 heavy (non-hydrogen) atoms. The summed E-state index contributed by atoms with van der Waals surface area (Å²) < 4.78 is 6.15. The molecule has 1 aromatic carbocycles. The summed E-state index contributed by atoms with van der Waals surface area (Å²) in [7, 11) is 0. The predicted octanol–water partition coefficient (Wildman–Crippen LogP) is 2.25. The van der Waals surface area contributed by atoms with Gasteiger partial charge in [-0.25, -0.2) is 4.79 Å². The number of amides is 1. The number of carbonyl (C=O) groups is 2. The quantitative estimate of drug-likeness (QED) is 0.855. The van der Waals surface area contributed by atoms with Gasteiger partial charge in [-0.15, -0.1) is 0 Å². The van der Waals surface area contributed by atoms with Gasteiger partial charge in [-0.1, -0.05) is 12.1 Å². The van der Waals surface area contributed by atoms with Gasteiger partial charge in [0.05, 0.1) is 6.04 Å². The lowest BCUT2D eigenvalue weighted by molar-refractivity contribution is -0.126. The van der Waals surface area contributed by atoms with Crippen LogP contribution in [0.25, 0.3) is 0 Å². The van der Waals surface area contributed by atoms with Crippen molar-refractivity contribution in [2.75, 3.05) is 0 Å². The van der Waals surface area contributed by atoms with Crippen LogP contribution in [-0.2, 0) is 16.1 Å². The first kappa shape index (κ1) is 12.3. The second-order valence-electron chi connectivity index (χ2n) is 3.90. The number of hydrogen-bond donors (Lipinski definition) is 1. The third kappa shape index (κ3) is 3.42. The molecule has 0 saturated heterocycles. The fourth-order valence-corrected chi connectivity index (χ4v) is 1.83. The topological polar surface area (TPSA) is 55.4 Å². The van der Waals surface area contributed by atoms with Crippen LogP contribution in [-0.4, -0.2) is 17.9 Å². The van der Waals surface area contributed by atoms with E-state index in [4.69, 9.17) is 4.74 Å². The number of benzene rings is 1. The minimum absolute atomic E-state index is 0.0798. The highest BCUT2D eigenvalue weighted by Crippen LogP contribution is 2.14. The Morgan fingerprint density at radius 3 is 2.65 bits per heavy atom. The average Bonchev–Trinajstić information content (AvgIpc) is 2.33. The molecule has 0 spiro atoms. The molecular weight excluding hydrogens is 333 g/mol. The zero-order valence-corrected chi connectivity index (χ0v) is 11.3. The van der Waals surface area contributed by atoms with Crippen molar-refractivity contribution < 1.29 is 14.3 Å². The molecule has 0 aliphatic heterocycles. The van der Waals surface area contributed by atoms with Crippen LogP contribution < -0.4 is 5.32 Å². The Morgan fingerprint density at radius 2 is 2.12 bits per heavy atom. The summed E-state index contributed by atoms with van der Waals surface area (Å²) in [6, 6.07) is 7.38. The summed E-state index contributed by atoms with van der Waals surface area (Å²) in [6.45, 7) is 0.226. The van der Waals surface area contributed by atoms with Crippen molar-refractivity contribution in [3.63, 3.8) is 0 Å². The molecule has 1 aliphatic carbocycles. The maximum Gasteiger partial charge on any atom is 0.408 e. The van der Waals surface area contributed by atoms with E-state index in [9.17, 15) is 9.59 Å². The van der Waals surface area contributed by atoms with E-state index in [2.05, 4.69) is 27.9 Å². The number of ether oxygens (including phenoxy) is 1. The number of ketones is 1. The molecule has 0 bridgehead atoms. The lowest BCUT2D eigenvalue weighted by Crippen LogP contribution is -2.47. The number of Topliss-reactive ketones (excluding diaryl/α,β-unsaturated/α-hetero) is 1. The van der Waals surface area contributed by atoms with Gasteiger partial charge in [-0.05, 0) is 46.7 Å². The molecule has 0 aromatic heterocycles. The zero-order chi connectivity index (χ0) is 12.3. The molecule has 1 amide bonds. The Bertz CT molecular complexity index is 430. The summed E-state index contributed by atoms with van der Waals surface area (Å²) in [5.74, 6) is 0.0798. The lowest BCUT2D eigenvalue weighted by Gasteiger charge is -2.24. The van der Waals surface area contributed by atoms with Gasteiger partial charge in [0.2, 0.25) is 0 Å². The predicted molar refractivity (Wildman–Crippen MR) is 70.5 cm³/mol. The first-order valence-corrected chi connectivity index (χ1v) is 6.43. The Kier molecular flexibility index (Phi) is 3.98. The van der Waals surface area contributed by atoms with E-state index in [1.54, 1.807) is 0 Å². The molecule has 1 fully saturated rings. The smallest absolute Gasteiger partial charge is 0.408 e. The molecule has 1 aromatic rings. The van der Waals surface area contributed by atoms with Gasteiger partial charge in [0.25, 0.3) is 0 Å². The Labute approximate surface area is 113 Å². The van der Waals surface area contributed by atoms with Crippen LogP contribution in [0.5, 0.6) is 0 Å². The van der Waals surface area contributed by atoms with Gasteiger partial charge in [0, 0.05) is 9.99 Å². The third-order valence-electron chi connectivity index (χ3n) is 2.64. The highest BCUT2D eigenvalue weighted by molar-refractivity contribution is 14.1. The number of alkyl carbamates (subject to hydrolysis) is 1. The van der Waals surface area contributed by atoms with E-state index in [-0.39, 0.29) is 18.4 Å². The normalized spacial score (nSPS) is 18.4. The monoisotopic (exact) mass is 345 g/mol. The Balaban J connectivity index is 1.76. The highest BCUT2D eigenvalue weighted by Gasteiger charge is 2.29. The summed E-state index contributed by atoms with van der Waals surface area (Å²) in [6.07, 6.45) is 0.751. The lowest BCUT2D eigenvalue weighted by atomic mass is 9.91. The summed E-state index contributed by atoms with van der Waals surface area (Å²) in [5.41, 5.74) is 0.931. The maximum absolute atomic E-state index is 11.3. The van der Waals surface area contributed by atoms with Gasteiger partial charge in [-0.2, -0.15) is 0 Å². The van der Waals surface area contributed by atoms with Crippen LogP contribution in [0.1, 0.15) is 18.4 Å². The fraction of sp³-hybridized carbons (Fsp3) is 0.333. The molecule has 2 rings (SSSR count). The summed E-state index contributed by atoms with van der Waals surface area (Å²) in [4.78, 5) is 22.4. The summed E-state index contributed by atoms with van der Waals surface area (Å²) >= 11 is 2.21. The van der Waals surface area contributed by atoms with Crippen LogP contribution in [0.3, 0.4) is 0 Å². The third-order valence-corrected chi connectivity index (χ3v) is 3.36. The van der Waals surface area contributed by atoms with Gasteiger partial charge in [-0.3, -0.25) is 4.79 Å². The molecule has 0 radical (unpaired) electrons. The van der Waals surface area contributed by atoms with Crippen molar-refractivity contribution in [3.8, 4) is 0 Å². The second kappa shape index (κ2) is 5.48. The SMILES string of the molecule is O=C(N[C@H]1CCC1=O)OCc1ccc(I)cc1. The number of carbonyl (C=O) groups excluding carboxylic acids is 2. The minimum Gasteiger partial charge on any atom is -0.445 e. The number of nitrogens with one attached hydrogen (secondary N) is 1. The second-order valence-corrected chi connectivity index (χ2v) is 5.15. The molecule has 0 heterocycles. The molecule has 1 saturated carbocycles. The molecule has 1 atom stereocenters. The van der Waals surface area contributed by atoms with Crippen molar-refractivity contribution >= 4 is 34.5 Å². The highest BCUT2D eigenvalue weighted by atomic mass is 127. The molecular formula is C12H12INO3. The Hall–Kier alpha value is -1.11. The van der Waals surface area contributed by atoms with Gasteiger partial charge in [0.1, 0.15) is 6.61 Å². The molecule has 1 aliphatic rings. The van der Waals surface area contributed by atoms with Crippen LogP contribution in [0.2, 0.25) is 0 Å². The van der Waals surface area contributed by atoms with Crippen molar-refractivity contribution in [1.82, 2.24) is 5.32 Å². The van der Waals surface area contributed by atoms with E-state index in [1.807, 2.05) is 24.3 Å². The van der Waals surface area contributed by atoms with Crippen LogP contribution >= 0.6 is 22.6 Å². The van der Waals surface area contributed by atoms with Crippen LogP contribution in [0.15, 0.2) is 24.3 Å². The van der Waals surface area contributed by atoms with E-state index in [1.165, 1.54) is 0 Å². The molecule has 5 heteroatoms. The Morgan fingerprint density at radius 1 is 1.41 bits per heavy atom. The molecule has 0 unspecified atom stereocenters. The number of halogens is 1. The first-order valence-electron chi connectivity index (χ1n) is 5.35. The van der Waals surface area contributed by atoms with Gasteiger partial charge >= 0.3 is 6.09 Å². The zero-order valence-electron chi connectivity index (χ0n) is 9.11. The van der Waals surface area contributed by atoms with E-state index in [0.717, 1.165) is 15.6 Å². The molecule has 4 nitrogen and oxygen atoms in total. The molecule has 1 N–H and O–H groups in total. The fourth-order valence-electron chi connectivity index (χ4n) is 1.47. The number of hydrogen-bond acceptors (Lipinski definition) is 3. The summed E-state index contributed by atoms with van der Waals surface area (Å²) in [5, 5.41) is 2.54. The van der Waals surface area contributed by atoms with Crippen molar-refractivity contribution in [2.45, 2.75) is 25.5 Å². The van der Waals surface area contributed by atoms with Crippen molar-refractivity contribution in [3.05, 3.63) is 33.4 Å². The number of rotatable bonds is 3. The minimum atomic E-state index is -0.526. The average molecular weight is 345 g/mol. The van der Waals surface area contributed by atoms with Crippen molar-refractivity contribution in [2.24, 2.45) is 0 Å². The first-order chi connectivity index (χ1) is 8.15. The van der Waals surface area contributed by atoms with Gasteiger partial charge < -0.3 is 10.1 Å². The largest absolute Gasteiger partial charge is 0.445 e. The van der Waals surface area contributed by atoms with Crippen LogP contribution in [0.4, 0.5) is 4.79 Å². The van der Waals surface area contributed by atoms with Gasteiger partial charge in [0.15, 0.2) is 5.78 Å². The molecule has 90 valence electrons. The van der Waals surface area contributed by atoms with Crippen LogP contribution in [0, 0.1) is 3.57 Å². The van der Waals surface area contributed by atoms with E-state index in [0.29, 0.717) is 6.42 Å².